The minimum atomic E-state index is -0.108. The fourth-order valence-corrected chi connectivity index (χ4v) is 2.30. The number of nitrogens with one attached hydrogen (secondary N) is 1. The number of rotatable bonds is 3. The second kappa shape index (κ2) is 5.83. The van der Waals surface area contributed by atoms with E-state index in [9.17, 15) is 0 Å². The van der Waals surface area contributed by atoms with Gasteiger partial charge in [-0.05, 0) is 45.0 Å². The smallest absolute Gasteiger partial charge is 0.165 e. The highest BCUT2D eigenvalue weighted by atomic mass is 16.5. The Morgan fingerprint density at radius 1 is 1.04 bits per heavy atom. The first-order chi connectivity index (χ1) is 11.0. The van der Waals surface area contributed by atoms with Gasteiger partial charge in [-0.2, -0.15) is 0 Å². The number of pyridine rings is 1. The molecule has 2 heterocycles. The van der Waals surface area contributed by atoms with Crippen LogP contribution < -0.4 is 10.1 Å². The number of fused-ring (bicyclic) bond motifs is 1. The second-order valence-corrected chi connectivity index (χ2v) is 6.38. The number of hydrogen-bond donors (Lipinski definition) is 1. The van der Waals surface area contributed by atoms with Gasteiger partial charge in [0.2, 0.25) is 0 Å². The lowest BCUT2D eigenvalue weighted by atomic mass is 10.1. The summed E-state index contributed by atoms with van der Waals surface area (Å²) >= 11 is 0. The Balaban J connectivity index is 2.18. The Morgan fingerprint density at radius 2 is 1.87 bits per heavy atom. The van der Waals surface area contributed by atoms with Gasteiger partial charge in [0.05, 0.1) is 12.5 Å². The molecule has 0 amide bonds. The van der Waals surface area contributed by atoms with Crippen molar-refractivity contribution in [2.45, 2.75) is 26.3 Å². The summed E-state index contributed by atoms with van der Waals surface area (Å²) in [5, 5.41) is 4.35. The van der Waals surface area contributed by atoms with E-state index in [2.05, 4.69) is 36.1 Å². The molecule has 0 atom stereocenters. The maximum Gasteiger partial charge on any atom is 0.165 e. The number of ether oxygens (including phenoxy) is 1. The van der Waals surface area contributed by atoms with Crippen LogP contribution >= 0.6 is 0 Å². The summed E-state index contributed by atoms with van der Waals surface area (Å²) in [6.45, 7) is 6.30. The van der Waals surface area contributed by atoms with Crippen molar-refractivity contribution in [2.75, 3.05) is 12.4 Å². The molecule has 1 N–H and O–H groups in total. The first-order valence-electron chi connectivity index (χ1n) is 7.52. The standard InChI is InChI=1S/C18H20N4O/c1-18(2,3)22-17-14-9-6-10-19-16(14)20-15(21-17)12-7-5-8-13(11-12)23-4/h5-11H,1-4H3,(H,19,20,21,22). The van der Waals surface area contributed by atoms with E-state index in [1.807, 2.05) is 36.4 Å². The Bertz CT molecular complexity index is 840. The summed E-state index contributed by atoms with van der Waals surface area (Å²) in [7, 11) is 1.65. The molecule has 5 heteroatoms. The minimum absolute atomic E-state index is 0.108. The zero-order valence-corrected chi connectivity index (χ0v) is 13.8. The van der Waals surface area contributed by atoms with Gasteiger partial charge in [0.15, 0.2) is 11.5 Å². The lowest BCUT2D eigenvalue weighted by molar-refractivity contribution is 0.415. The van der Waals surface area contributed by atoms with Crippen LogP contribution in [0.15, 0.2) is 42.6 Å². The van der Waals surface area contributed by atoms with Crippen molar-refractivity contribution < 1.29 is 4.74 Å². The number of benzene rings is 1. The first-order valence-corrected chi connectivity index (χ1v) is 7.52. The lowest BCUT2D eigenvalue weighted by Crippen LogP contribution is -2.27. The zero-order chi connectivity index (χ0) is 16.4. The number of nitrogens with zero attached hydrogens (tertiary/aromatic N) is 3. The van der Waals surface area contributed by atoms with Gasteiger partial charge in [0.25, 0.3) is 0 Å². The highest BCUT2D eigenvalue weighted by molar-refractivity contribution is 5.88. The van der Waals surface area contributed by atoms with Gasteiger partial charge in [0.1, 0.15) is 11.6 Å². The fraction of sp³-hybridized carbons (Fsp3) is 0.278. The van der Waals surface area contributed by atoms with Crippen LogP contribution in [0.25, 0.3) is 22.4 Å². The van der Waals surface area contributed by atoms with Gasteiger partial charge < -0.3 is 10.1 Å². The van der Waals surface area contributed by atoms with Crippen LogP contribution in [-0.2, 0) is 0 Å². The summed E-state index contributed by atoms with van der Waals surface area (Å²) in [4.78, 5) is 13.7. The molecule has 0 fully saturated rings. The van der Waals surface area contributed by atoms with Crippen LogP contribution in [0.4, 0.5) is 5.82 Å². The largest absolute Gasteiger partial charge is 0.497 e. The average Bonchev–Trinajstić information content (AvgIpc) is 2.53. The van der Waals surface area contributed by atoms with Crippen LogP contribution in [-0.4, -0.2) is 27.6 Å². The Hall–Kier alpha value is -2.69. The van der Waals surface area contributed by atoms with Crippen molar-refractivity contribution >= 4 is 16.9 Å². The van der Waals surface area contributed by atoms with E-state index in [4.69, 9.17) is 9.72 Å². The monoisotopic (exact) mass is 308 g/mol. The van der Waals surface area contributed by atoms with Crippen LogP contribution in [0.2, 0.25) is 0 Å². The molecule has 23 heavy (non-hydrogen) atoms. The van der Waals surface area contributed by atoms with Crippen molar-refractivity contribution in [1.82, 2.24) is 15.0 Å². The molecular weight excluding hydrogens is 288 g/mol. The molecule has 0 unspecified atom stereocenters. The summed E-state index contributed by atoms with van der Waals surface area (Å²) < 4.78 is 5.29. The molecule has 2 aromatic heterocycles. The topological polar surface area (TPSA) is 59.9 Å². The number of hydrogen-bond acceptors (Lipinski definition) is 5. The molecule has 5 nitrogen and oxygen atoms in total. The van der Waals surface area contributed by atoms with Crippen molar-refractivity contribution in [3.05, 3.63) is 42.6 Å². The zero-order valence-electron chi connectivity index (χ0n) is 13.8. The van der Waals surface area contributed by atoms with Crippen molar-refractivity contribution in [2.24, 2.45) is 0 Å². The molecule has 0 bridgehead atoms. The minimum Gasteiger partial charge on any atom is -0.497 e. The van der Waals surface area contributed by atoms with E-state index < -0.39 is 0 Å². The SMILES string of the molecule is COc1cccc(-c2nc(NC(C)(C)C)c3cccnc3n2)c1. The summed E-state index contributed by atoms with van der Waals surface area (Å²) in [5.74, 6) is 2.19. The molecule has 0 saturated carbocycles. The molecule has 0 saturated heterocycles. The predicted molar refractivity (Wildman–Crippen MR) is 92.7 cm³/mol. The van der Waals surface area contributed by atoms with Gasteiger partial charge in [-0.3, -0.25) is 0 Å². The highest BCUT2D eigenvalue weighted by Gasteiger charge is 2.16. The number of aromatic nitrogens is 3. The van der Waals surface area contributed by atoms with Gasteiger partial charge >= 0.3 is 0 Å². The molecule has 0 aliphatic heterocycles. The van der Waals surface area contributed by atoms with Crippen LogP contribution in [0.1, 0.15) is 20.8 Å². The second-order valence-electron chi connectivity index (χ2n) is 6.38. The van der Waals surface area contributed by atoms with Crippen LogP contribution in [0.3, 0.4) is 0 Å². The molecule has 0 aliphatic carbocycles. The fourth-order valence-electron chi connectivity index (χ4n) is 2.30. The maximum atomic E-state index is 5.29. The van der Waals surface area contributed by atoms with E-state index in [-0.39, 0.29) is 5.54 Å². The van der Waals surface area contributed by atoms with Gasteiger partial charge in [-0.15, -0.1) is 0 Å². The lowest BCUT2D eigenvalue weighted by Gasteiger charge is -2.22. The summed E-state index contributed by atoms with van der Waals surface area (Å²) in [6.07, 6.45) is 1.74. The van der Waals surface area contributed by atoms with E-state index in [1.165, 1.54) is 0 Å². The number of anilines is 1. The summed E-state index contributed by atoms with van der Waals surface area (Å²) in [5.41, 5.74) is 1.46. The van der Waals surface area contributed by atoms with E-state index >= 15 is 0 Å². The average molecular weight is 308 g/mol. The van der Waals surface area contributed by atoms with E-state index in [1.54, 1.807) is 13.3 Å². The third-order valence-corrected chi connectivity index (χ3v) is 3.29. The molecular formula is C18H20N4O. The predicted octanol–water partition coefficient (Wildman–Crippen LogP) is 3.91. The summed E-state index contributed by atoms with van der Waals surface area (Å²) in [6, 6.07) is 11.6. The van der Waals surface area contributed by atoms with Crippen molar-refractivity contribution in [1.29, 1.82) is 0 Å². The van der Waals surface area contributed by atoms with E-state index in [0.717, 1.165) is 22.5 Å². The Labute approximate surface area is 135 Å². The Kier molecular flexibility index (Phi) is 3.86. The maximum absolute atomic E-state index is 5.29. The van der Waals surface area contributed by atoms with Gasteiger partial charge in [-0.25, -0.2) is 15.0 Å². The molecule has 3 rings (SSSR count). The van der Waals surface area contributed by atoms with Gasteiger partial charge in [0, 0.05) is 17.3 Å². The van der Waals surface area contributed by atoms with Gasteiger partial charge in [-0.1, -0.05) is 12.1 Å². The van der Waals surface area contributed by atoms with Crippen molar-refractivity contribution in [3.63, 3.8) is 0 Å². The Morgan fingerprint density at radius 3 is 2.61 bits per heavy atom. The van der Waals surface area contributed by atoms with E-state index in [0.29, 0.717) is 11.5 Å². The van der Waals surface area contributed by atoms with Crippen molar-refractivity contribution in [3.8, 4) is 17.1 Å². The third-order valence-electron chi connectivity index (χ3n) is 3.29. The third kappa shape index (κ3) is 3.39. The number of methoxy groups -OCH3 is 1. The quantitative estimate of drug-likeness (QED) is 0.795. The highest BCUT2D eigenvalue weighted by Crippen LogP contribution is 2.27. The molecule has 0 spiro atoms. The molecule has 1 aromatic carbocycles. The first kappa shape index (κ1) is 15.2. The molecule has 118 valence electrons. The molecule has 0 radical (unpaired) electrons. The molecule has 0 aliphatic rings. The van der Waals surface area contributed by atoms with Crippen LogP contribution in [0, 0.1) is 0 Å². The van der Waals surface area contributed by atoms with Crippen LogP contribution in [0.5, 0.6) is 5.75 Å². The molecule has 3 aromatic rings. The normalized spacial score (nSPS) is 11.5.